The molecule has 0 aliphatic carbocycles. The lowest BCUT2D eigenvalue weighted by Crippen LogP contribution is -2.14. The van der Waals surface area contributed by atoms with Gasteiger partial charge in [0, 0.05) is 0 Å². The summed E-state index contributed by atoms with van der Waals surface area (Å²) < 4.78 is 0. The van der Waals surface area contributed by atoms with E-state index >= 15 is 0 Å². The topological polar surface area (TPSA) is 57.5 Å². The molecule has 0 heterocycles. The van der Waals surface area contributed by atoms with Gasteiger partial charge in [0.1, 0.15) is 5.75 Å². The summed E-state index contributed by atoms with van der Waals surface area (Å²) in [6, 6.07) is 5.32. The first-order chi connectivity index (χ1) is 7.71. The van der Waals surface area contributed by atoms with Crippen molar-refractivity contribution in [1.82, 2.24) is 0 Å². The van der Waals surface area contributed by atoms with Crippen molar-refractivity contribution in [3.05, 3.63) is 29.3 Å². The van der Waals surface area contributed by atoms with E-state index in [1.807, 2.05) is 26.8 Å². The van der Waals surface area contributed by atoms with E-state index in [0.29, 0.717) is 6.42 Å². The number of hydrogen-bond acceptors (Lipinski definition) is 2. The standard InChI is InChI=1S/C14H20O3/c1-9(13(16)17)7-10-5-6-12(15)11(8-10)14(2,3)4/h5-6,8-9,15H,7H2,1-4H3,(H,16,17). The zero-order valence-corrected chi connectivity index (χ0v) is 10.8. The first-order valence-corrected chi connectivity index (χ1v) is 5.77. The van der Waals surface area contributed by atoms with Crippen LogP contribution >= 0.6 is 0 Å². The average Bonchev–Trinajstić information content (AvgIpc) is 2.19. The largest absolute Gasteiger partial charge is 0.508 e. The molecule has 1 unspecified atom stereocenters. The van der Waals surface area contributed by atoms with Gasteiger partial charge in [0.05, 0.1) is 5.92 Å². The van der Waals surface area contributed by atoms with E-state index in [4.69, 9.17) is 5.11 Å². The zero-order chi connectivity index (χ0) is 13.2. The Kier molecular flexibility index (Phi) is 3.81. The van der Waals surface area contributed by atoms with Crippen molar-refractivity contribution in [3.8, 4) is 5.75 Å². The average molecular weight is 236 g/mol. The van der Waals surface area contributed by atoms with Gasteiger partial charge in [0.25, 0.3) is 0 Å². The molecular formula is C14H20O3. The molecule has 3 nitrogen and oxygen atoms in total. The number of phenols is 1. The van der Waals surface area contributed by atoms with Crippen LogP contribution in [0.5, 0.6) is 5.75 Å². The molecular weight excluding hydrogens is 216 g/mol. The summed E-state index contributed by atoms with van der Waals surface area (Å²) in [7, 11) is 0. The molecule has 1 atom stereocenters. The van der Waals surface area contributed by atoms with Crippen LogP contribution in [0, 0.1) is 5.92 Å². The van der Waals surface area contributed by atoms with Crippen molar-refractivity contribution in [2.24, 2.45) is 5.92 Å². The van der Waals surface area contributed by atoms with Crippen molar-refractivity contribution < 1.29 is 15.0 Å². The lowest BCUT2D eigenvalue weighted by molar-refractivity contribution is -0.141. The fourth-order valence-electron chi connectivity index (χ4n) is 1.75. The van der Waals surface area contributed by atoms with E-state index in [9.17, 15) is 9.90 Å². The van der Waals surface area contributed by atoms with Gasteiger partial charge in [-0.1, -0.05) is 39.8 Å². The molecule has 0 aliphatic rings. The number of hydrogen-bond donors (Lipinski definition) is 2. The van der Waals surface area contributed by atoms with E-state index in [0.717, 1.165) is 11.1 Å². The third-order valence-electron chi connectivity index (χ3n) is 2.83. The Bertz CT molecular complexity index is 416. The maximum Gasteiger partial charge on any atom is 0.306 e. The second-order valence-corrected chi connectivity index (χ2v) is 5.54. The number of carboxylic acids is 1. The fraction of sp³-hybridized carbons (Fsp3) is 0.500. The molecule has 3 heteroatoms. The van der Waals surface area contributed by atoms with Gasteiger partial charge in [0.2, 0.25) is 0 Å². The van der Waals surface area contributed by atoms with Crippen LogP contribution in [0.2, 0.25) is 0 Å². The molecule has 0 radical (unpaired) electrons. The highest BCUT2D eigenvalue weighted by Crippen LogP contribution is 2.31. The SMILES string of the molecule is CC(Cc1ccc(O)c(C(C)(C)C)c1)C(=O)O. The van der Waals surface area contributed by atoms with Crippen LogP contribution in [-0.4, -0.2) is 16.2 Å². The number of benzene rings is 1. The Morgan fingerprint density at radius 3 is 2.41 bits per heavy atom. The first kappa shape index (κ1) is 13.6. The van der Waals surface area contributed by atoms with Crippen LogP contribution < -0.4 is 0 Å². The predicted octanol–water partition coefficient (Wildman–Crippen LogP) is 2.95. The van der Waals surface area contributed by atoms with E-state index in [2.05, 4.69) is 0 Å². The van der Waals surface area contributed by atoms with Gasteiger partial charge in [-0.2, -0.15) is 0 Å². The summed E-state index contributed by atoms with van der Waals surface area (Å²) in [5.41, 5.74) is 1.65. The van der Waals surface area contributed by atoms with Crippen molar-refractivity contribution in [3.63, 3.8) is 0 Å². The summed E-state index contributed by atoms with van der Waals surface area (Å²) in [6.45, 7) is 7.75. The Balaban J connectivity index is 3.01. The van der Waals surface area contributed by atoms with Gasteiger partial charge in [-0.3, -0.25) is 4.79 Å². The molecule has 0 saturated heterocycles. The van der Waals surface area contributed by atoms with E-state index < -0.39 is 11.9 Å². The molecule has 0 spiro atoms. The Hall–Kier alpha value is -1.51. The number of carbonyl (C=O) groups is 1. The molecule has 1 aromatic carbocycles. The molecule has 0 amide bonds. The summed E-state index contributed by atoms with van der Waals surface area (Å²) in [5.74, 6) is -0.938. The monoisotopic (exact) mass is 236 g/mol. The predicted molar refractivity (Wildman–Crippen MR) is 67.3 cm³/mol. The molecule has 0 aromatic heterocycles. The molecule has 0 aliphatic heterocycles. The minimum Gasteiger partial charge on any atom is -0.508 e. The molecule has 0 bridgehead atoms. The van der Waals surface area contributed by atoms with Gasteiger partial charge in [-0.25, -0.2) is 0 Å². The first-order valence-electron chi connectivity index (χ1n) is 5.77. The summed E-state index contributed by atoms with van der Waals surface area (Å²) in [5, 5.41) is 18.7. The van der Waals surface area contributed by atoms with Crippen molar-refractivity contribution in [2.75, 3.05) is 0 Å². The van der Waals surface area contributed by atoms with Crippen LogP contribution in [-0.2, 0) is 16.6 Å². The molecule has 1 rings (SSSR count). The number of phenolic OH excluding ortho intramolecular Hbond substituents is 1. The summed E-state index contributed by atoms with van der Waals surface area (Å²) in [6.07, 6.45) is 0.485. The van der Waals surface area contributed by atoms with Crippen LogP contribution in [0.4, 0.5) is 0 Å². The third kappa shape index (κ3) is 3.48. The Morgan fingerprint density at radius 1 is 1.35 bits per heavy atom. The molecule has 1 aromatic rings. The zero-order valence-electron chi connectivity index (χ0n) is 10.8. The number of carboxylic acid groups (broad SMARTS) is 1. The minimum atomic E-state index is -0.796. The summed E-state index contributed by atoms with van der Waals surface area (Å²) in [4.78, 5) is 10.8. The highest BCUT2D eigenvalue weighted by molar-refractivity contribution is 5.69. The maximum absolute atomic E-state index is 10.8. The van der Waals surface area contributed by atoms with Crippen molar-refractivity contribution in [2.45, 2.75) is 39.5 Å². The van der Waals surface area contributed by atoms with Gasteiger partial charge in [-0.15, -0.1) is 0 Å². The number of rotatable bonds is 3. The van der Waals surface area contributed by atoms with E-state index in [1.54, 1.807) is 19.1 Å². The fourth-order valence-corrected chi connectivity index (χ4v) is 1.75. The summed E-state index contributed by atoms with van der Waals surface area (Å²) >= 11 is 0. The van der Waals surface area contributed by atoms with Crippen LogP contribution in [0.3, 0.4) is 0 Å². The minimum absolute atomic E-state index is 0.146. The van der Waals surface area contributed by atoms with Gasteiger partial charge >= 0.3 is 5.97 Å². The van der Waals surface area contributed by atoms with Gasteiger partial charge in [0.15, 0.2) is 0 Å². The molecule has 17 heavy (non-hydrogen) atoms. The lowest BCUT2D eigenvalue weighted by Gasteiger charge is -2.21. The lowest BCUT2D eigenvalue weighted by atomic mass is 9.84. The van der Waals surface area contributed by atoms with Gasteiger partial charge < -0.3 is 10.2 Å². The van der Waals surface area contributed by atoms with Gasteiger partial charge in [-0.05, 0) is 29.0 Å². The number of aliphatic carboxylic acids is 1. The normalized spacial score (nSPS) is 13.4. The van der Waals surface area contributed by atoms with Crippen LogP contribution in [0.15, 0.2) is 18.2 Å². The van der Waals surface area contributed by atoms with Crippen molar-refractivity contribution in [1.29, 1.82) is 0 Å². The van der Waals surface area contributed by atoms with Crippen LogP contribution in [0.25, 0.3) is 0 Å². The Labute approximate surface area is 102 Å². The smallest absolute Gasteiger partial charge is 0.306 e. The maximum atomic E-state index is 10.8. The van der Waals surface area contributed by atoms with E-state index in [-0.39, 0.29) is 11.2 Å². The highest BCUT2D eigenvalue weighted by Gasteiger charge is 2.19. The number of aromatic hydroxyl groups is 1. The highest BCUT2D eigenvalue weighted by atomic mass is 16.4. The second kappa shape index (κ2) is 4.78. The second-order valence-electron chi connectivity index (χ2n) is 5.54. The molecule has 94 valence electrons. The third-order valence-corrected chi connectivity index (χ3v) is 2.83. The Morgan fingerprint density at radius 2 is 1.94 bits per heavy atom. The molecule has 0 saturated carbocycles. The molecule has 0 fully saturated rings. The van der Waals surface area contributed by atoms with Crippen LogP contribution in [0.1, 0.15) is 38.8 Å². The molecule has 2 N–H and O–H groups in total. The van der Waals surface area contributed by atoms with E-state index in [1.165, 1.54) is 0 Å². The van der Waals surface area contributed by atoms with Crippen molar-refractivity contribution >= 4 is 5.97 Å². The quantitative estimate of drug-likeness (QED) is 0.848.